The SMILES string of the molecule is Cc1cccc(C(C)(C)CC(C)(C)C)c1OCCOCC[N+](C)(C)Cc1ccccc1. The second kappa shape index (κ2) is 10.7. The first kappa shape index (κ1) is 25.4. The van der Waals surface area contributed by atoms with Gasteiger partial charge in [-0.2, -0.15) is 0 Å². The molecule has 3 nitrogen and oxygen atoms in total. The lowest BCUT2D eigenvalue weighted by Gasteiger charge is -2.34. The van der Waals surface area contributed by atoms with E-state index in [0.29, 0.717) is 13.2 Å². The summed E-state index contributed by atoms with van der Waals surface area (Å²) in [5, 5.41) is 0. The third kappa shape index (κ3) is 8.66. The van der Waals surface area contributed by atoms with Gasteiger partial charge in [0.25, 0.3) is 0 Å². The predicted octanol–water partition coefficient (Wildman–Crippen LogP) is 6.38. The number of para-hydroxylation sites is 1. The van der Waals surface area contributed by atoms with Gasteiger partial charge in [-0.25, -0.2) is 0 Å². The minimum Gasteiger partial charge on any atom is -0.491 e. The molecule has 0 heterocycles. The fourth-order valence-corrected chi connectivity index (χ4v) is 4.57. The molecule has 0 aliphatic rings. The first-order valence-electron chi connectivity index (χ1n) is 11.6. The number of hydrogen-bond acceptors (Lipinski definition) is 2. The summed E-state index contributed by atoms with van der Waals surface area (Å²) >= 11 is 0. The summed E-state index contributed by atoms with van der Waals surface area (Å²) in [4.78, 5) is 0. The maximum atomic E-state index is 6.27. The molecule has 0 aliphatic carbocycles. The summed E-state index contributed by atoms with van der Waals surface area (Å²) in [5.74, 6) is 1.03. The third-order valence-corrected chi connectivity index (χ3v) is 5.68. The number of nitrogens with zero attached hydrogens (tertiary/aromatic N) is 1. The Bertz CT molecular complexity index is 804. The Kier molecular flexibility index (Phi) is 8.73. The lowest BCUT2D eigenvalue weighted by molar-refractivity contribution is -0.904. The van der Waals surface area contributed by atoms with Crippen molar-refractivity contribution in [3.8, 4) is 5.75 Å². The minimum absolute atomic E-state index is 0.0550. The Hall–Kier alpha value is -1.84. The maximum absolute atomic E-state index is 6.27. The molecule has 0 amide bonds. The number of aryl methyl sites for hydroxylation is 1. The van der Waals surface area contributed by atoms with Gasteiger partial charge in [0, 0.05) is 11.1 Å². The molecule has 2 rings (SSSR count). The van der Waals surface area contributed by atoms with Crippen LogP contribution in [0.4, 0.5) is 0 Å². The van der Waals surface area contributed by atoms with Gasteiger partial charge >= 0.3 is 0 Å². The number of rotatable bonds is 11. The molecule has 0 saturated carbocycles. The van der Waals surface area contributed by atoms with Crippen molar-refractivity contribution in [3.63, 3.8) is 0 Å². The van der Waals surface area contributed by atoms with Crippen LogP contribution in [-0.4, -0.2) is 44.9 Å². The zero-order valence-corrected chi connectivity index (χ0v) is 21.1. The van der Waals surface area contributed by atoms with Gasteiger partial charge in [0.1, 0.15) is 25.4 Å². The van der Waals surface area contributed by atoms with Crippen LogP contribution in [0.15, 0.2) is 48.5 Å². The summed E-state index contributed by atoms with van der Waals surface area (Å²) in [6, 6.07) is 17.2. The fraction of sp³-hybridized carbons (Fsp3) is 0.571. The second-order valence-corrected chi connectivity index (χ2v) is 11.3. The molecule has 0 aliphatic heterocycles. The Morgan fingerprint density at radius 2 is 1.48 bits per heavy atom. The topological polar surface area (TPSA) is 18.5 Å². The van der Waals surface area contributed by atoms with E-state index in [1.165, 1.54) is 16.7 Å². The molecule has 0 N–H and O–H groups in total. The van der Waals surface area contributed by atoms with E-state index >= 15 is 0 Å². The number of quaternary nitrogens is 1. The molecular formula is C28H44NO2+. The van der Waals surface area contributed by atoms with E-state index in [1.54, 1.807) is 0 Å². The number of benzene rings is 2. The van der Waals surface area contributed by atoms with Gasteiger partial charge in [-0.1, -0.05) is 83.1 Å². The van der Waals surface area contributed by atoms with Gasteiger partial charge in [0.2, 0.25) is 0 Å². The van der Waals surface area contributed by atoms with Crippen molar-refractivity contribution >= 4 is 0 Å². The summed E-state index contributed by atoms with van der Waals surface area (Å²) in [5.41, 5.74) is 4.17. The van der Waals surface area contributed by atoms with Crippen molar-refractivity contribution in [2.75, 3.05) is 40.5 Å². The molecule has 172 valence electrons. The van der Waals surface area contributed by atoms with E-state index in [1.807, 2.05) is 0 Å². The average Bonchev–Trinajstić information content (AvgIpc) is 2.64. The largest absolute Gasteiger partial charge is 0.491 e. The molecule has 31 heavy (non-hydrogen) atoms. The molecule has 3 heteroatoms. The fourth-order valence-electron chi connectivity index (χ4n) is 4.57. The van der Waals surface area contributed by atoms with E-state index in [4.69, 9.17) is 9.47 Å². The highest BCUT2D eigenvalue weighted by atomic mass is 16.5. The van der Waals surface area contributed by atoms with E-state index in [9.17, 15) is 0 Å². The molecule has 0 bridgehead atoms. The Morgan fingerprint density at radius 1 is 0.806 bits per heavy atom. The molecular weight excluding hydrogens is 382 g/mol. The number of hydrogen-bond donors (Lipinski definition) is 0. The van der Waals surface area contributed by atoms with Gasteiger partial charge in [-0.05, 0) is 29.7 Å². The molecule has 0 fully saturated rings. The van der Waals surface area contributed by atoms with Crippen LogP contribution in [0.25, 0.3) is 0 Å². The van der Waals surface area contributed by atoms with Gasteiger partial charge in [0.05, 0.1) is 27.3 Å². The average molecular weight is 427 g/mol. The van der Waals surface area contributed by atoms with Crippen molar-refractivity contribution in [2.24, 2.45) is 5.41 Å². The van der Waals surface area contributed by atoms with E-state index < -0.39 is 0 Å². The molecule has 0 radical (unpaired) electrons. The summed E-state index contributed by atoms with van der Waals surface area (Å²) in [6.45, 7) is 17.6. The van der Waals surface area contributed by atoms with Crippen LogP contribution >= 0.6 is 0 Å². The van der Waals surface area contributed by atoms with E-state index in [2.05, 4.69) is 104 Å². The van der Waals surface area contributed by atoms with Crippen molar-refractivity contribution < 1.29 is 14.0 Å². The molecule has 0 saturated heterocycles. The maximum Gasteiger partial charge on any atom is 0.126 e. The monoisotopic (exact) mass is 426 g/mol. The van der Waals surface area contributed by atoms with E-state index in [0.717, 1.165) is 36.3 Å². The number of ether oxygens (including phenoxy) is 2. The van der Waals surface area contributed by atoms with Gasteiger partial charge in [0.15, 0.2) is 0 Å². The van der Waals surface area contributed by atoms with Gasteiger partial charge in [-0.15, -0.1) is 0 Å². The van der Waals surface area contributed by atoms with Crippen molar-refractivity contribution in [1.29, 1.82) is 0 Å². The Morgan fingerprint density at radius 3 is 2.13 bits per heavy atom. The highest BCUT2D eigenvalue weighted by Gasteiger charge is 2.30. The third-order valence-electron chi connectivity index (χ3n) is 5.68. The normalized spacial score (nSPS) is 12.8. The Labute approximate surface area is 191 Å². The van der Waals surface area contributed by atoms with Crippen molar-refractivity contribution in [1.82, 2.24) is 0 Å². The lowest BCUT2D eigenvalue weighted by Crippen LogP contribution is -2.41. The smallest absolute Gasteiger partial charge is 0.126 e. The minimum atomic E-state index is 0.0550. The van der Waals surface area contributed by atoms with Crippen molar-refractivity contribution in [3.05, 3.63) is 65.2 Å². The van der Waals surface area contributed by atoms with Crippen LogP contribution < -0.4 is 4.74 Å². The van der Waals surface area contributed by atoms with Gasteiger partial charge < -0.3 is 14.0 Å². The van der Waals surface area contributed by atoms with Crippen LogP contribution in [0.1, 0.15) is 57.7 Å². The molecule has 2 aromatic carbocycles. The highest BCUT2D eigenvalue weighted by molar-refractivity contribution is 5.45. The second-order valence-electron chi connectivity index (χ2n) is 11.3. The first-order valence-corrected chi connectivity index (χ1v) is 11.6. The molecule has 0 aromatic heterocycles. The summed E-state index contributed by atoms with van der Waals surface area (Å²) in [6.07, 6.45) is 1.10. The molecule has 2 aromatic rings. The quantitative estimate of drug-likeness (QED) is 0.306. The van der Waals surface area contributed by atoms with Crippen molar-refractivity contribution in [2.45, 2.75) is 59.9 Å². The van der Waals surface area contributed by atoms with Crippen LogP contribution in [0, 0.1) is 12.3 Å². The Balaban J connectivity index is 1.85. The zero-order valence-electron chi connectivity index (χ0n) is 21.1. The van der Waals surface area contributed by atoms with Crippen LogP contribution in [0.5, 0.6) is 5.75 Å². The standard InChI is InChI=1S/C28H44NO2/c1-23-13-12-16-25(28(5,6)22-27(2,3)4)26(23)31-20-19-30-18-17-29(7,8)21-24-14-10-9-11-15-24/h9-16H,17-22H2,1-8H3/q+1. The summed E-state index contributed by atoms with van der Waals surface area (Å²) in [7, 11) is 4.51. The van der Waals surface area contributed by atoms with Gasteiger partial charge in [-0.3, -0.25) is 0 Å². The lowest BCUT2D eigenvalue weighted by atomic mass is 9.72. The van der Waals surface area contributed by atoms with Crippen LogP contribution in [-0.2, 0) is 16.7 Å². The number of likely N-dealkylation sites (N-methyl/N-ethyl adjacent to an activating group) is 1. The summed E-state index contributed by atoms with van der Waals surface area (Å²) < 4.78 is 13.1. The van der Waals surface area contributed by atoms with Crippen LogP contribution in [0.2, 0.25) is 0 Å². The van der Waals surface area contributed by atoms with E-state index in [-0.39, 0.29) is 10.8 Å². The molecule has 0 spiro atoms. The van der Waals surface area contributed by atoms with Crippen LogP contribution in [0.3, 0.4) is 0 Å². The molecule has 0 unspecified atom stereocenters. The zero-order chi connectivity index (χ0) is 23.1. The predicted molar refractivity (Wildman–Crippen MR) is 132 cm³/mol. The molecule has 0 atom stereocenters. The highest BCUT2D eigenvalue weighted by Crippen LogP contribution is 2.41. The first-order chi connectivity index (χ1) is 14.4.